The lowest BCUT2D eigenvalue weighted by atomic mass is 9.98. The third-order valence-corrected chi connectivity index (χ3v) is 4.79. The van der Waals surface area contributed by atoms with Crippen LogP contribution in [0.25, 0.3) is 11.3 Å². The first kappa shape index (κ1) is 18.2. The predicted octanol–water partition coefficient (Wildman–Crippen LogP) is 2.08. The first-order valence-corrected chi connectivity index (χ1v) is 9.16. The summed E-state index contributed by atoms with van der Waals surface area (Å²) in [7, 11) is -1.23. The number of aromatic hydroxyl groups is 1. The molecule has 1 aromatic carbocycles. The van der Waals surface area contributed by atoms with E-state index in [1.807, 2.05) is 0 Å². The molecular formula is C16H14ClN3O5S. The van der Waals surface area contributed by atoms with Crippen LogP contribution in [0.15, 0.2) is 28.9 Å². The molecule has 0 spiro atoms. The van der Waals surface area contributed by atoms with E-state index in [-0.39, 0.29) is 39.1 Å². The summed E-state index contributed by atoms with van der Waals surface area (Å²) in [5, 5.41) is 17.6. The largest absolute Gasteiger partial charge is 0.493 e. The van der Waals surface area contributed by atoms with Crippen LogP contribution in [0, 0.1) is 6.92 Å². The van der Waals surface area contributed by atoms with E-state index >= 15 is 0 Å². The number of ketones is 1. The van der Waals surface area contributed by atoms with Crippen LogP contribution >= 0.6 is 11.6 Å². The van der Waals surface area contributed by atoms with Crippen molar-refractivity contribution >= 4 is 28.1 Å². The number of benzene rings is 1. The molecule has 0 unspecified atom stereocenters. The van der Waals surface area contributed by atoms with E-state index in [1.54, 1.807) is 13.0 Å². The van der Waals surface area contributed by atoms with Gasteiger partial charge in [0.15, 0.2) is 5.76 Å². The predicted molar refractivity (Wildman–Crippen MR) is 94.0 cm³/mol. The number of rotatable bonds is 5. The van der Waals surface area contributed by atoms with Gasteiger partial charge in [-0.1, -0.05) is 22.8 Å². The van der Waals surface area contributed by atoms with E-state index in [2.05, 4.69) is 10.3 Å². The number of halogens is 1. The van der Waals surface area contributed by atoms with Crippen LogP contribution in [0.4, 0.5) is 0 Å². The lowest BCUT2D eigenvalue weighted by Gasteiger charge is -2.11. The van der Waals surface area contributed by atoms with Crippen LogP contribution in [-0.2, 0) is 23.5 Å². The molecule has 0 aliphatic heterocycles. The van der Waals surface area contributed by atoms with Crippen molar-refractivity contribution in [1.82, 2.24) is 14.9 Å². The standard InChI is InChI=1S/C16H14ClN3O5S/c1-8-5-12(25-19-8)13-9(7-26(23)24)3-4-10(14(13)17)15(21)11-6-18-20(2)16(11)22/h3-6,22,26H,7H2,1-2H3. The van der Waals surface area contributed by atoms with Crippen LogP contribution in [0.3, 0.4) is 0 Å². The van der Waals surface area contributed by atoms with Gasteiger partial charge in [0.25, 0.3) is 0 Å². The second kappa shape index (κ2) is 6.93. The van der Waals surface area contributed by atoms with Crippen LogP contribution in [0.2, 0.25) is 5.02 Å². The minimum Gasteiger partial charge on any atom is -0.493 e. The average Bonchev–Trinajstić information content (AvgIpc) is 3.13. The number of carbonyl (C=O) groups excluding carboxylic acids is 1. The number of aryl methyl sites for hydroxylation is 2. The summed E-state index contributed by atoms with van der Waals surface area (Å²) in [6, 6.07) is 4.50. The van der Waals surface area contributed by atoms with Crippen molar-refractivity contribution < 1.29 is 22.8 Å². The molecule has 0 atom stereocenters. The first-order chi connectivity index (χ1) is 12.3. The molecule has 2 aromatic heterocycles. The van der Waals surface area contributed by atoms with E-state index in [0.29, 0.717) is 11.3 Å². The van der Waals surface area contributed by atoms with E-state index in [4.69, 9.17) is 16.1 Å². The molecule has 0 amide bonds. The molecule has 2 heterocycles. The summed E-state index contributed by atoms with van der Waals surface area (Å²) in [6.45, 7) is 1.71. The van der Waals surface area contributed by atoms with Gasteiger partial charge in [-0.15, -0.1) is 0 Å². The second-order valence-electron chi connectivity index (χ2n) is 5.62. The third kappa shape index (κ3) is 3.23. The molecule has 136 valence electrons. The van der Waals surface area contributed by atoms with Crippen LogP contribution in [0.5, 0.6) is 5.88 Å². The molecule has 0 fully saturated rings. The van der Waals surface area contributed by atoms with Crippen LogP contribution in [0.1, 0.15) is 27.2 Å². The van der Waals surface area contributed by atoms with E-state index in [0.717, 1.165) is 4.68 Å². The Hall–Kier alpha value is -2.65. The monoisotopic (exact) mass is 395 g/mol. The highest BCUT2D eigenvalue weighted by Gasteiger charge is 2.24. The van der Waals surface area contributed by atoms with Crippen molar-refractivity contribution in [1.29, 1.82) is 0 Å². The maximum absolute atomic E-state index is 12.8. The molecule has 0 aliphatic rings. The smallest absolute Gasteiger partial charge is 0.220 e. The second-order valence-corrected chi connectivity index (χ2v) is 6.98. The summed E-state index contributed by atoms with van der Waals surface area (Å²) < 4.78 is 28.8. The van der Waals surface area contributed by atoms with Crippen molar-refractivity contribution in [2.45, 2.75) is 12.7 Å². The van der Waals surface area contributed by atoms with Gasteiger partial charge in [-0.3, -0.25) is 4.79 Å². The highest BCUT2D eigenvalue weighted by Crippen LogP contribution is 2.36. The highest BCUT2D eigenvalue weighted by molar-refractivity contribution is 7.71. The van der Waals surface area contributed by atoms with Gasteiger partial charge < -0.3 is 9.63 Å². The number of hydrogen-bond acceptors (Lipinski definition) is 7. The lowest BCUT2D eigenvalue weighted by molar-refractivity contribution is 0.103. The van der Waals surface area contributed by atoms with Crippen LogP contribution in [-0.4, -0.2) is 34.2 Å². The van der Waals surface area contributed by atoms with Gasteiger partial charge in [0.2, 0.25) is 11.7 Å². The fourth-order valence-corrected chi connectivity index (χ4v) is 3.45. The number of aromatic nitrogens is 3. The average molecular weight is 396 g/mol. The molecule has 8 nitrogen and oxygen atoms in total. The SMILES string of the molecule is Cc1cc(-c2c(C[SH](=O)=O)ccc(C(=O)c3cnn(C)c3O)c2Cl)on1. The molecule has 0 radical (unpaired) electrons. The van der Waals surface area contributed by atoms with Crippen molar-refractivity contribution in [3.8, 4) is 17.2 Å². The number of carbonyl (C=O) groups is 1. The zero-order valence-corrected chi connectivity index (χ0v) is 15.4. The van der Waals surface area contributed by atoms with Crippen molar-refractivity contribution in [3.05, 3.63) is 51.8 Å². The fraction of sp³-hybridized carbons (Fsp3) is 0.188. The zero-order chi connectivity index (χ0) is 19.0. The van der Waals surface area contributed by atoms with Gasteiger partial charge in [-0.2, -0.15) is 5.10 Å². The summed E-state index contributed by atoms with van der Waals surface area (Å²) >= 11 is 6.43. The van der Waals surface area contributed by atoms with Crippen molar-refractivity contribution in [2.75, 3.05) is 0 Å². The Balaban J connectivity index is 2.19. The van der Waals surface area contributed by atoms with Crippen molar-refractivity contribution in [3.63, 3.8) is 0 Å². The molecule has 3 aromatic rings. The van der Waals surface area contributed by atoms with Gasteiger partial charge in [0.05, 0.1) is 22.7 Å². The van der Waals surface area contributed by atoms with E-state index < -0.39 is 16.5 Å². The number of nitrogens with zero attached hydrogens (tertiary/aromatic N) is 3. The van der Waals surface area contributed by atoms with Crippen molar-refractivity contribution in [2.24, 2.45) is 7.05 Å². The first-order valence-electron chi connectivity index (χ1n) is 7.42. The van der Waals surface area contributed by atoms with Gasteiger partial charge in [0, 0.05) is 24.2 Å². The summed E-state index contributed by atoms with van der Waals surface area (Å²) in [6.07, 6.45) is 1.23. The van der Waals surface area contributed by atoms with E-state index in [9.17, 15) is 18.3 Å². The molecule has 0 bridgehead atoms. The minimum absolute atomic E-state index is 0.0169. The topological polar surface area (TPSA) is 115 Å². The Morgan fingerprint density at radius 3 is 2.62 bits per heavy atom. The molecule has 26 heavy (non-hydrogen) atoms. The molecule has 0 aliphatic carbocycles. The zero-order valence-electron chi connectivity index (χ0n) is 13.8. The quantitative estimate of drug-likeness (QED) is 0.502. The summed E-state index contributed by atoms with van der Waals surface area (Å²) in [5.74, 6) is -0.855. The highest BCUT2D eigenvalue weighted by atomic mass is 35.5. The Morgan fingerprint density at radius 2 is 2.08 bits per heavy atom. The van der Waals surface area contributed by atoms with Gasteiger partial charge in [0.1, 0.15) is 16.3 Å². The number of hydrogen-bond donors (Lipinski definition) is 2. The fourth-order valence-electron chi connectivity index (χ4n) is 2.55. The molecule has 1 N–H and O–H groups in total. The molecule has 3 rings (SSSR count). The molecule has 10 heteroatoms. The summed E-state index contributed by atoms with van der Waals surface area (Å²) in [4.78, 5) is 12.8. The molecule has 0 saturated carbocycles. The summed E-state index contributed by atoms with van der Waals surface area (Å²) in [5.41, 5.74) is 1.31. The number of thiol groups is 1. The third-order valence-electron chi connectivity index (χ3n) is 3.80. The Morgan fingerprint density at radius 1 is 1.35 bits per heavy atom. The van der Waals surface area contributed by atoms with Gasteiger partial charge in [-0.25, -0.2) is 13.1 Å². The lowest BCUT2D eigenvalue weighted by Crippen LogP contribution is -2.04. The van der Waals surface area contributed by atoms with Gasteiger partial charge >= 0.3 is 0 Å². The Bertz CT molecular complexity index is 1080. The van der Waals surface area contributed by atoms with Crippen LogP contribution < -0.4 is 0 Å². The maximum Gasteiger partial charge on any atom is 0.220 e. The Kier molecular flexibility index (Phi) is 4.84. The molecular weight excluding hydrogens is 382 g/mol. The van der Waals surface area contributed by atoms with Gasteiger partial charge in [-0.05, 0) is 18.6 Å². The molecule has 0 saturated heterocycles. The minimum atomic E-state index is -2.72. The Labute approximate surface area is 154 Å². The van der Waals surface area contributed by atoms with E-state index in [1.165, 1.54) is 25.4 Å². The maximum atomic E-state index is 12.8. The normalized spacial score (nSPS) is 11.2.